The molecule has 5 heteroatoms. The van der Waals surface area contributed by atoms with E-state index in [1.54, 1.807) is 25.1 Å². The van der Waals surface area contributed by atoms with Crippen molar-refractivity contribution in [3.63, 3.8) is 0 Å². The van der Waals surface area contributed by atoms with Crippen LogP contribution in [-0.2, 0) is 10.0 Å². The van der Waals surface area contributed by atoms with Crippen LogP contribution in [0.4, 0.5) is 11.4 Å². The van der Waals surface area contributed by atoms with E-state index in [0.717, 1.165) is 11.1 Å². The fourth-order valence-corrected chi connectivity index (χ4v) is 3.45. The second-order valence-electron chi connectivity index (χ2n) is 4.95. The molecule has 0 radical (unpaired) electrons. The first kappa shape index (κ1) is 14.4. The molecule has 0 atom stereocenters. The van der Waals surface area contributed by atoms with Crippen LogP contribution in [0.25, 0.3) is 0 Å². The van der Waals surface area contributed by atoms with Crippen LogP contribution in [0.3, 0.4) is 0 Å². The molecule has 0 fully saturated rings. The van der Waals surface area contributed by atoms with Gasteiger partial charge in [-0.2, -0.15) is 0 Å². The molecule has 0 bridgehead atoms. The number of anilines is 2. The minimum absolute atomic E-state index is 0.206. The average molecular weight is 290 g/mol. The molecule has 0 aliphatic heterocycles. The molecule has 0 amide bonds. The Bertz CT molecular complexity index is 752. The Morgan fingerprint density at radius 2 is 1.65 bits per heavy atom. The van der Waals surface area contributed by atoms with Crippen molar-refractivity contribution < 1.29 is 8.42 Å². The summed E-state index contributed by atoms with van der Waals surface area (Å²) in [6.07, 6.45) is 0. The quantitative estimate of drug-likeness (QED) is 0.854. The first-order chi connectivity index (χ1) is 9.29. The van der Waals surface area contributed by atoms with Crippen LogP contribution in [-0.4, -0.2) is 8.42 Å². The Balaban J connectivity index is 2.43. The van der Waals surface area contributed by atoms with Crippen molar-refractivity contribution in [2.24, 2.45) is 0 Å². The number of hydrogen-bond donors (Lipinski definition) is 2. The van der Waals surface area contributed by atoms with E-state index in [-0.39, 0.29) is 4.90 Å². The molecular weight excluding hydrogens is 272 g/mol. The maximum Gasteiger partial charge on any atom is 0.262 e. The lowest BCUT2D eigenvalue weighted by Crippen LogP contribution is -2.15. The number of sulfonamides is 1. The van der Waals surface area contributed by atoms with Gasteiger partial charge in [0.05, 0.1) is 10.6 Å². The molecule has 0 spiro atoms. The van der Waals surface area contributed by atoms with E-state index in [9.17, 15) is 8.42 Å². The number of nitrogen functional groups attached to an aromatic ring is 1. The topological polar surface area (TPSA) is 72.2 Å². The molecule has 2 rings (SSSR count). The minimum Gasteiger partial charge on any atom is -0.399 e. The summed E-state index contributed by atoms with van der Waals surface area (Å²) < 4.78 is 27.5. The van der Waals surface area contributed by atoms with Gasteiger partial charge in [0.2, 0.25) is 0 Å². The van der Waals surface area contributed by atoms with Crippen LogP contribution in [0.1, 0.15) is 16.7 Å². The van der Waals surface area contributed by atoms with E-state index >= 15 is 0 Å². The molecule has 0 aromatic heterocycles. The van der Waals surface area contributed by atoms with Gasteiger partial charge in [0.15, 0.2) is 0 Å². The summed E-state index contributed by atoms with van der Waals surface area (Å²) in [5.41, 5.74) is 9.32. The average Bonchev–Trinajstić information content (AvgIpc) is 2.35. The summed E-state index contributed by atoms with van der Waals surface area (Å²) in [7, 11) is -3.63. The molecule has 20 heavy (non-hydrogen) atoms. The lowest BCUT2D eigenvalue weighted by atomic mass is 10.1. The number of benzene rings is 2. The third-order valence-electron chi connectivity index (χ3n) is 3.13. The Kier molecular flexibility index (Phi) is 3.72. The maximum absolute atomic E-state index is 12.4. The molecule has 106 valence electrons. The largest absolute Gasteiger partial charge is 0.399 e. The van der Waals surface area contributed by atoms with E-state index in [2.05, 4.69) is 4.72 Å². The summed E-state index contributed by atoms with van der Waals surface area (Å²) in [6.45, 7) is 5.58. The second-order valence-corrected chi connectivity index (χ2v) is 6.60. The van der Waals surface area contributed by atoms with Gasteiger partial charge in [-0.25, -0.2) is 8.42 Å². The number of hydrogen-bond acceptors (Lipinski definition) is 3. The van der Waals surface area contributed by atoms with Crippen molar-refractivity contribution in [2.75, 3.05) is 10.5 Å². The smallest absolute Gasteiger partial charge is 0.262 e. The molecule has 0 aliphatic rings. The number of rotatable bonds is 3. The SMILES string of the molecule is Cc1ccc(NS(=O)(=O)c2cc(N)ccc2C)c(C)c1. The highest BCUT2D eigenvalue weighted by Gasteiger charge is 2.18. The van der Waals surface area contributed by atoms with E-state index in [1.165, 1.54) is 6.07 Å². The van der Waals surface area contributed by atoms with Crippen LogP contribution < -0.4 is 10.5 Å². The Morgan fingerprint density at radius 3 is 2.30 bits per heavy atom. The minimum atomic E-state index is -3.63. The maximum atomic E-state index is 12.4. The molecule has 2 aromatic rings. The molecule has 0 heterocycles. The van der Waals surface area contributed by atoms with E-state index in [1.807, 2.05) is 26.0 Å². The van der Waals surface area contributed by atoms with Crippen molar-refractivity contribution in [1.29, 1.82) is 0 Å². The van der Waals surface area contributed by atoms with Gasteiger partial charge in [-0.15, -0.1) is 0 Å². The van der Waals surface area contributed by atoms with E-state index < -0.39 is 10.0 Å². The lowest BCUT2D eigenvalue weighted by Gasteiger charge is -2.13. The van der Waals surface area contributed by atoms with Crippen LogP contribution in [0.2, 0.25) is 0 Å². The predicted molar refractivity (Wildman–Crippen MR) is 82.3 cm³/mol. The third kappa shape index (κ3) is 2.93. The molecule has 3 N–H and O–H groups in total. The van der Waals surface area contributed by atoms with Gasteiger partial charge in [-0.3, -0.25) is 4.72 Å². The first-order valence-corrected chi connectivity index (χ1v) is 7.74. The van der Waals surface area contributed by atoms with Gasteiger partial charge in [0, 0.05) is 5.69 Å². The zero-order valence-corrected chi connectivity index (χ0v) is 12.6. The van der Waals surface area contributed by atoms with Crippen molar-refractivity contribution in [2.45, 2.75) is 25.7 Å². The Morgan fingerprint density at radius 1 is 0.950 bits per heavy atom. The zero-order valence-electron chi connectivity index (χ0n) is 11.8. The summed E-state index contributed by atoms with van der Waals surface area (Å²) in [6, 6.07) is 10.4. The molecule has 4 nitrogen and oxygen atoms in total. The molecular formula is C15H18N2O2S. The number of nitrogens with one attached hydrogen (secondary N) is 1. The normalized spacial score (nSPS) is 11.3. The lowest BCUT2D eigenvalue weighted by molar-refractivity contribution is 0.600. The fraction of sp³-hybridized carbons (Fsp3) is 0.200. The summed E-state index contributed by atoms with van der Waals surface area (Å²) in [5.74, 6) is 0. The highest BCUT2D eigenvalue weighted by atomic mass is 32.2. The Hall–Kier alpha value is -2.01. The monoisotopic (exact) mass is 290 g/mol. The van der Waals surface area contributed by atoms with Crippen molar-refractivity contribution in [1.82, 2.24) is 0 Å². The number of aryl methyl sites for hydroxylation is 3. The van der Waals surface area contributed by atoms with Crippen molar-refractivity contribution in [3.05, 3.63) is 53.1 Å². The van der Waals surface area contributed by atoms with Gasteiger partial charge in [0.1, 0.15) is 0 Å². The zero-order chi connectivity index (χ0) is 14.9. The van der Waals surface area contributed by atoms with Gasteiger partial charge < -0.3 is 5.73 Å². The predicted octanol–water partition coefficient (Wildman–Crippen LogP) is 2.99. The van der Waals surface area contributed by atoms with E-state index in [0.29, 0.717) is 16.9 Å². The Labute approximate surface area is 119 Å². The standard InChI is InChI=1S/C15H18N2O2S/c1-10-4-7-14(12(3)8-10)17-20(18,19)15-9-13(16)6-5-11(15)2/h4-9,17H,16H2,1-3H3. The van der Waals surface area contributed by atoms with Crippen LogP contribution in [0.5, 0.6) is 0 Å². The number of nitrogens with two attached hydrogens (primary N) is 1. The van der Waals surface area contributed by atoms with Gasteiger partial charge in [-0.1, -0.05) is 23.8 Å². The summed E-state index contributed by atoms with van der Waals surface area (Å²) >= 11 is 0. The van der Waals surface area contributed by atoms with Crippen LogP contribution >= 0.6 is 0 Å². The van der Waals surface area contributed by atoms with Gasteiger partial charge in [-0.05, 0) is 50.1 Å². The van der Waals surface area contributed by atoms with Gasteiger partial charge >= 0.3 is 0 Å². The summed E-state index contributed by atoms with van der Waals surface area (Å²) in [5, 5.41) is 0. The highest BCUT2D eigenvalue weighted by molar-refractivity contribution is 7.92. The fourth-order valence-electron chi connectivity index (χ4n) is 2.03. The third-order valence-corrected chi connectivity index (χ3v) is 4.64. The van der Waals surface area contributed by atoms with Crippen LogP contribution in [0, 0.1) is 20.8 Å². The second kappa shape index (κ2) is 5.17. The van der Waals surface area contributed by atoms with E-state index in [4.69, 9.17) is 5.73 Å². The molecule has 0 unspecified atom stereocenters. The molecule has 0 aliphatic carbocycles. The first-order valence-electron chi connectivity index (χ1n) is 6.26. The van der Waals surface area contributed by atoms with Gasteiger partial charge in [0.25, 0.3) is 10.0 Å². The molecule has 0 saturated heterocycles. The highest BCUT2D eigenvalue weighted by Crippen LogP contribution is 2.23. The summed E-state index contributed by atoms with van der Waals surface area (Å²) in [4.78, 5) is 0.206. The molecule has 0 saturated carbocycles. The van der Waals surface area contributed by atoms with Crippen LogP contribution in [0.15, 0.2) is 41.3 Å². The molecule has 2 aromatic carbocycles. The van der Waals surface area contributed by atoms with Crippen molar-refractivity contribution >= 4 is 21.4 Å². The van der Waals surface area contributed by atoms with Crippen molar-refractivity contribution in [3.8, 4) is 0 Å².